The molecule has 1 aliphatic heterocycles. The lowest BCUT2D eigenvalue weighted by atomic mass is 10.1. The van der Waals surface area contributed by atoms with Crippen LogP contribution in [0.3, 0.4) is 0 Å². The quantitative estimate of drug-likeness (QED) is 0.689. The largest absolute Gasteiger partial charge is 0.464 e. The second-order valence-corrected chi connectivity index (χ2v) is 3.02. The molecule has 1 aromatic carbocycles. The van der Waals surface area contributed by atoms with Crippen molar-refractivity contribution in [3.8, 4) is 22.8 Å². The van der Waals surface area contributed by atoms with Gasteiger partial charge >= 0.3 is 0 Å². The molecule has 14 heavy (non-hydrogen) atoms. The van der Waals surface area contributed by atoms with E-state index in [9.17, 15) is 0 Å². The highest BCUT2D eigenvalue weighted by Gasteiger charge is 2.19. The van der Waals surface area contributed by atoms with Gasteiger partial charge in [0.2, 0.25) is 6.79 Å². The molecule has 0 fully saturated rings. The number of hydrogen-bond acceptors (Lipinski definition) is 3. The minimum atomic E-state index is 0.285. The van der Waals surface area contributed by atoms with Gasteiger partial charge in [-0.3, -0.25) is 0 Å². The zero-order chi connectivity index (χ0) is 9.38. The highest BCUT2D eigenvalue weighted by atomic mass is 16.7. The van der Waals surface area contributed by atoms with Gasteiger partial charge in [-0.15, -0.1) is 0 Å². The molecule has 2 aromatic rings. The van der Waals surface area contributed by atoms with Crippen LogP contribution in [0.25, 0.3) is 11.3 Å². The van der Waals surface area contributed by atoms with Gasteiger partial charge in [-0.05, 0) is 24.3 Å². The van der Waals surface area contributed by atoms with Crippen molar-refractivity contribution >= 4 is 0 Å². The van der Waals surface area contributed by atoms with Gasteiger partial charge in [-0.2, -0.15) is 0 Å². The second-order valence-electron chi connectivity index (χ2n) is 3.02. The molecule has 2 heterocycles. The molecular formula is C11H8O3. The van der Waals surface area contributed by atoms with Crippen molar-refractivity contribution < 1.29 is 13.9 Å². The Morgan fingerprint density at radius 3 is 2.86 bits per heavy atom. The summed E-state index contributed by atoms with van der Waals surface area (Å²) in [5.41, 5.74) is 0.935. The summed E-state index contributed by atoms with van der Waals surface area (Å²) >= 11 is 0. The standard InChI is InChI=1S/C11H8O3/c1-3-8(9-5-2-6-12-9)11-10(4-1)13-7-14-11/h1-6H,7H2. The van der Waals surface area contributed by atoms with Crippen LogP contribution in [0.15, 0.2) is 41.0 Å². The first-order chi connectivity index (χ1) is 6.95. The lowest BCUT2D eigenvalue weighted by molar-refractivity contribution is 0.174. The van der Waals surface area contributed by atoms with Crippen LogP contribution in [0, 0.1) is 0 Å². The molecular weight excluding hydrogens is 180 g/mol. The van der Waals surface area contributed by atoms with Gasteiger partial charge in [0, 0.05) is 0 Å². The van der Waals surface area contributed by atoms with E-state index < -0.39 is 0 Å². The Morgan fingerprint density at radius 2 is 2.00 bits per heavy atom. The van der Waals surface area contributed by atoms with Crippen LogP contribution in [-0.4, -0.2) is 6.79 Å². The lowest BCUT2D eigenvalue weighted by Gasteiger charge is -2.01. The minimum absolute atomic E-state index is 0.285. The topological polar surface area (TPSA) is 31.6 Å². The van der Waals surface area contributed by atoms with Crippen LogP contribution in [0.5, 0.6) is 11.5 Å². The Labute approximate surface area is 80.9 Å². The fourth-order valence-electron chi connectivity index (χ4n) is 1.56. The molecule has 0 radical (unpaired) electrons. The van der Waals surface area contributed by atoms with Gasteiger partial charge < -0.3 is 13.9 Å². The first kappa shape index (κ1) is 7.50. The van der Waals surface area contributed by atoms with Gasteiger partial charge in [0.1, 0.15) is 5.76 Å². The first-order valence-corrected chi connectivity index (χ1v) is 4.37. The normalized spacial score (nSPS) is 13.1. The molecule has 0 spiro atoms. The summed E-state index contributed by atoms with van der Waals surface area (Å²) in [6.45, 7) is 0.285. The van der Waals surface area contributed by atoms with Crippen molar-refractivity contribution in [1.29, 1.82) is 0 Å². The number of hydrogen-bond donors (Lipinski definition) is 0. The number of fused-ring (bicyclic) bond motifs is 1. The molecule has 3 nitrogen and oxygen atoms in total. The minimum Gasteiger partial charge on any atom is -0.464 e. The molecule has 1 aliphatic rings. The Hall–Kier alpha value is -1.90. The molecule has 0 bridgehead atoms. The number of benzene rings is 1. The lowest BCUT2D eigenvalue weighted by Crippen LogP contribution is -1.93. The first-order valence-electron chi connectivity index (χ1n) is 4.37. The van der Waals surface area contributed by atoms with E-state index >= 15 is 0 Å². The fraction of sp³-hybridized carbons (Fsp3) is 0.0909. The van der Waals surface area contributed by atoms with Crippen molar-refractivity contribution in [3.63, 3.8) is 0 Å². The van der Waals surface area contributed by atoms with Crippen LogP contribution < -0.4 is 9.47 Å². The summed E-state index contributed by atoms with van der Waals surface area (Å²) in [5, 5.41) is 0. The van der Waals surface area contributed by atoms with E-state index in [1.807, 2.05) is 30.3 Å². The molecule has 1 aromatic heterocycles. The van der Waals surface area contributed by atoms with E-state index in [4.69, 9.17) is 13.9 Å². The summed E-state index contributed by atoms with van der Waals surface area (Å²) in [4.78, 5) is 0. The van der Waals surface area contributed by atoms with Crippen molar-refractivity contribution in [3.05, 3.63) is 36.6 Å². The van der Waals surface area contributed by atoms with Crippen LogP contribution in [0.2, 0.25) is 0 Å². The number of ether oxygens (including phenoxy) is 2. The van der Waals surface area contributed by atoms with Crippen LogP contribution in [-0.2, 0) is 0 Å². The maximum atomic E-state index is 5.37. The Balaban J connectivity index is 2.20. The monoisotopic (exact) mass is 188 g/mol. The van der Waals surface area contributed by atoms with E-state index in [-0.39, 0.29) is 6.79 Å². The molecule has 3 heteroatoms. The zero-order valence-corrected chi connectivity index (χ0v) is 7.40. The van der Waals surface area contributed by atoms with Crippen molar-refractivity contribution in [1.82, 2.24) is 0 Å². The van der Waals surface area contributed by atoms with E-state index in [1.54, 1.807) is 6.26 Å². The van der Waals surface area contributed by atoms with Crippen molar-refractivity contribution in [2.45, 2.75) is 0 Å². The third kappa shape index (κ3) is 0.988. The van der Waals surface area contributed by atoms with Crippen LogP contribution >= 0.6 is 0 Å². The Bertz CT molecular complexity index is 446. The molecule has 0 aliphatic carbocycles. The molecule has 0 amide bonds. The average molecular weight is 188 g/mol. The molecule has 0 unspecified atom stereocenters. The summed E-state index contributed by atoms with van der Waals surface area (Å²) in [6, 6.07) is 9.51. The third-order valence-electron chi connectivity index (χ3n) is 2.18. The Kier molecular flexibility index (Phi) is 1.50. The Morgan fingerprint density at radius 1 is 1.00 bits per heavy atom. The third-order valence-corrected chi connectivity index (χ3v) is 2.18. The highest BCUT2D eigenvalue weighted by molar-refractivity contribution is 5.70. The summed E-state index contributed by atoms with van der Waals surface area (Å²) in [6.07, 6.45) is 1.64. The van der Waals surface area contributed by atoms with E-state index in [0.29, 0.717) is 0 Å². The molecule has 0 saturated heterocycles. The summed E-state index contributed by atoms with van der Waals surface area (Å²) < 4.78 is 16.0. The predicted octanol–water partition coefficient (Wildman–Crippen LogP) is 2.68. The molecule has 70 valence electrons. The molecule has 0 saturated carbocycles. The zero-order valence-electron chi connectivity index (χ0n) is 7.40. The van der Waals surface area contributed by atoms with E-state index in [1.165, 1.54) is 0 Å². The summed E-state index contributed by atoms with van der Waals surface area (Å²) in [5.74, 6) is 2.34. The molecule has 0 N–H and O–H groups in total. The van der Waals surface area contributed by atoms with Crippen LogP contribution in [0.4, 0.5) is 0 Å². The van der Waals surface area contributed by atoms with Gasteiger partial charge in [0.05, 0.1) is 11.8 Å². The van der Waals surface area contributed by atoms with Gasteiger partial charge in [-0.25, -0.2) is 0 Å². The SMILES string of the molecule is c1coc(-c2cccc3c2OCO3)c1. The van der Waals surface area contributed by atoms with Gasteiger partial charge in [0.15, 0.2) is 11.5 Å². The van der Waals surface area contributed by atoms with Crippen LogP contribution in [0.1, 0.15) is 0 Å². The van der Waals surface area contributed by atoms with Crippen molar-refractivity contribution in [2.24, 2.45) is 0 Å². The number of furan rings is 1. The highest BCUT2D eigenvalue weighted by Crippen LogP contribution is 2.40. The smallest absolute Gasteiger partial charge is 0.231 e. The maximum absolute atomic E-state index is 5.37. The molecule has 3 rings (SSSR count). The van der Waals surface area contributed by atoms with E-state index in [2.05, 4.69) is 0 Å². The van der Waals surface area contributed by atoms with Crippen molar-refractivity contribution in [2.75, 3.05) is 6.79 Å². The van der Waals surface area contributed by atoms with Gasteiger partial charge in [0.25, 0.3) is 0 Å². The number of rotatable bonds is 1. The summed E-state index contributed by atoms with van der Waals surface area (Å²) in [7, 11) is 0. The van der Waals surface area contributed by atoms with Gasteiger partial charge in [-0.1, -0.05) is 6.07 Å². The maximum Gasteiger partial charge on any atom is 0.231 e. The average Bonchev–Trinajstić information content (AvgIpc) is 2.88. The molecule has 0 atom stereocenters. The predicted molar refractivity (Wildman–Crippen MR) is 50.3 cm³/mol. The number of para-hydroxylation sites is 1. The fourth-order valence-corrected chi connectivity index (χ4v) is 1.56. The van der Waals surface area contributed by atoms with E-state index in [0.717, 1.165) is 22.8 Å². The second kappa shape index (κ2) is 2.80.